The van der Waals surface area contributed by atoms with Gasteiger partial charge in [-0.05, 0) is 34.5 Å². The summed E-state index contributed by atoms with van der Waals surface area (Å²) >= 11 is 5.21. The van der Waals surface area contributed by atoms with E-state index in [2.05, 4.69) is 28.9 Å². The van der Waals surface area contributed by atoms with Crippen LogP contribution in [-0.4, -0.2) is 5.11 Å². The van der Waals surface area contributed by atoms with Crippen LogP contribution in [0, 0.1) is 11.3 Å². The van der Waals surface area contributed by atoms with Gasteiger partial charge in [0.15, 0.2) is 0 Å². The average Bonchev–Trinajstić information content (AvgIpc) is 2.86. The number of nitriles is 1. The minimum absolute atomic E-state index is 0.0909. The third kappa shape index (κ3) is 2.36. The number of thiophene rings is 1. The zero-order valence-corrected chi connectivity index (χ0v) is 14.2. The van der Waals surface area contributed by atoms with E-state index in [0.717, 1.165) is 21.3 Å². The molecule has 3 N–H and O–H groups in total. The van der Waals surface area contributed by atoms with Gasteiger partial charge in [0, 0.05) is 25.9 Å². The van der Waals surface area contributed by atoms with Crippen LogP contribution in [-0.2, 0) is 6.42 Å². The second-order valence-corrected chi connectivity index (χ2v) is 6.94. The molecule has 0 bridgehead atoms. The molecule has 1 atom stereocenters. The molecule has 1 unspecified atom stereocenters. The Kier molecular flexibility index (Phi) is 3.85. The van der Waals surface area contributed by atoms with Gasteiger partial charge < -0.3 is 15.6 Å². The van der Waals surface area contributed by atoms with Gasteiger partial charge in [-0.1, -0.05) is 13.0 Å². The minimum atomic E-state index is -0.268. The van der Waals surface area contributed by atoms with Crippen molar-refractivity contribution in [3.63, 3.8) is 0 Å². The molecule has 0 aliphatic carbocycles. The molecule has 0 radical (unpaired) electrons. The summed E-state index contributed by atoms with van der Waals surface area (Å²) in [6, 6.07) is 9.08. The maximum atomic E-state index is 9.63. The van der Waals surface area contributed by atoms with E-state index in [9.17, 15) is 10.4 Å². The van der Waals surface area contributed by atoms with E-state index in [1.54, 1.807) is 23.5 Å². The molecule has 0 fully saturated rings. The van der Waals surface area contributed by atoms with Crippen LogP contribution in [0.15, 0.2) is 40.2 Å². The predicted octanol–water partition coefficient (Wildman–Crippen LogP) is 4.00. The van der Waals surface area contributed by atoms with Gasteiger partial charge in [0.1, 0.15) is 23.1 Å². The van der Waals surface area contributed by atoms with Gasteiger partial charge in [0.25, 0.3) is 0 Å². The highest BCUT2D eigenvalue weighted by Gasteiger charge is 2.32. The van der Waals surface area contributed by atoms with E-state index in [1.165, 1.54) is 10.9 Å². The largest absolute Gasteiger partial charge is 0.508 e. The molecular weight excluding hydrogens is 364 g/mol. The molecule has 3 rings (SSSR count). The van der Waals surface area contributed by atoms with Crippen LogP contribution in [0.1, 0.15) is 28.2 Å². The lowest BCUT2D eigenvalue weighted by Crippen LogP contribution is -2.20. The van der Waals surface area contributed by atoms with Crippen LogP contribution < -0.4 is 10.5 Å². The van der Waals surface area contributed by atoms with Crippen LogP contribution in [0.5, 0.6) is 11.5 Å². The van der Waals surface area contributed by atoms with E-state index in [-0.39, 0.29) is 17.6 Å². The predicted molar refractivity (Wildman–Crippen MR) is 88.8 cm³/mol. The summed E-state index contributed by atoms with van der Waals surface area (Å²) in [5, 5.41) is 19.1. The number of aromatic hydroxyl groups is 1. The van der Waals surface area contributed by atoms with Gasteiger partial charge in [0.2, 0.25) is 5.88 Å². The number of fused-ring (bicyclic) bond motifs is 1. The van der Waals surface area contributed by atoms with Crippen LogP contribution in [0.25, 0.3) is 0 Å². The highest BCUT2D eigenvalue weighted by atomic mass is 79.9. The Bertz CT molecular complexity index is 820. The van der Waals surface area contributed by atoms with E-state index in [1.807, 2.05) is 6.07 Å². The molecule has 2 aromatic rings. The molecule has 1 aliphatic heterocycles. The topological polar surface area (TPSA) is 79.3 Å². The first-order chi connectivity index (χ1) is 10.5. The van der Waals surface area contributed by atoms with Crippen LogP contribution >= 0.6 is 27.3 Å². The summed E-state index contributed by atoms with van der Waals surface area (Å²) in [7, 11) is 0. The molecule has 1 aliphatic rings. The molecule has 2 heterocycles. The van der Waals surface area contributed by atoms with Gasteiger partial charge in [-0.2, -0.15) is 5.26 Å². The number of ether oxygens (including phenoxy) is 1. The standard InChI is InChI=1S/C16H13BrN2O2S/c1-2-13-11(17)6-14(22-13)15-9-4-3-8(20)5-12(9)21-16(19)10(15)7-18/h3-6,15,20H,2,19H2,1H3. The number of hydrogen-bond donors (Lipinski definition) is 2. The van der Waals surface area contributed by atoms with Crippen molar-refractivity contribution in [1.29, 1.82) is 5.26 Å². The van der Waals surface area contributed by atoms with E-state index < -0.39 is 0 Å². The van der Waals surface area contributed by atoms with Crippen molar-refractivity contribution in [2.75, 3.05) is 0 Å². The highest BCUT2D eigenvalue weighted by Crippen LogP contribution is 2.46. The summed E-state index contributed by atoms with van der Waals surface area (Å²) in [6.07, 6.45) is 0.915. The summed E-state index contributed by atoms with van der Waals surface area (Å²) in [5.74, 6) is 0.417. The maximum absolute atomic E-state index is 9.63. The Morgan fingerprint density at radius 1 is 1.45 bits per heavy atom. The zero-order chi connectivity index (χ0) is 15.9. The first-order valence-electron chi connectivity index (χ1n) is 6.73. The zero-order valence-electron chi connectivity index (χ0n) is 11.8. The van der Waals surface area contributed by atoms with Crippen molar-refractivity contribution in [3.05, 3.63) is 55.5 Å². The number of benzene rings is 1. The Morgan fingerprint density at radius 3 is 2.86 bits per heavy atom. The van der Waals surface area contributed by atoms with Crippen molar-refractivity contribution >= 4 is 27.3 Å². The first-order valence-corrected chi connectivity index (χ1v) is 8.34. The van der Waals surface area contributed by atoms with Gasteiger partial charge >= 0.3 is 0 Å². The number of phenols is 1. The fourth-order valence-electron chi connectivity index (χ4n) is 2.55. The third-order valence-corrected chi connectivity index (χ3v) is 5.90. The lowest BCUT2D eigenvalue weighted by Gasteiger charge is -2.25. The number of phenolic OH excluding ortho intramolecular Hbond substituents is 1. The van der Waals surface area contributed by atoms with Gasteiger partial charge in [-0.15, -0.1) is 11.3 Å². The highest BCUT2D eigenvalue weighted by molar-refractivity contribution is 9.10. The van der Waals surface area contributed by atoms with Gasteiger partial charge in [-0.25, -0.2) is 0 Å². The molecule has 112 valence electrons. The van der Waals surface area contributed by atoms with Crippen molar-refractivity contribution in [2.45, 2.75) is 19.3 Å². The van der Waals surface area contributed by atoms with Crippen molar-refractivity contribution in [3.8, 4) is 17.6 Å². The number of rotatable bonds is 2. The van der Waals surface area contributed by atoms with E-state index in [4.69, 9.17) is 10.5 Å². The lowest BCUT2D eigenvalue weighted by atomic mass is 9.88. The van der Waals surface area contributed by atoms with Gasteiger partial charge in [-0.3, -0.25) is 0 Å². The normalized spacial score (nSPS) is 16.9. The number of aryl methyl sites for hydroxylation is 1. The number of halogens is 1. The summed E-state index contributed by atoms with van der Waals surface area (Å²) in [5.41, 5.74) is 7.14. The molecule has 1 aromatic carbocycles. The first kappa shape index (κ1) is 14.9. The SMILES string of the molecule is CCc1sc(C2C(C#N)=C(N)Oc3cc(O)ccc32)cc1Br. The monoisotopic (exact) mass is 376 g/mol. The Labute approximate surface area is 140 Å². The van der Waals surface area contributed by atoms with Gasteiger partial charge in [0.05, 0.1) is 5.92 Å². The molecule has 6 heteroatoms. The number of allylic oxidation sites excluding steroid dienone is 1. The molecule has 0 amide bonds. The van der Waals surface area contributed by atoms with E-state index >= 15 is 0 Å². The second-order valence-electron chi connectivity index (χ2n) is 4.92. The fraction of sp³-hybridized carbons (Fsp3) is 0.188. The lowest BCUT2D eigenvalue weighted by molar-refractivity contribution is 0.388. The molecule has 0 saturated heterocycles. The Morgan fingerprint density at radius 2 is 2.23 bits per heavy atom. The summed E-state index contributed by atoms with van der Waals surface area (Å²) in [4.78, 5) is 2.25. The molecule has 0 spiro atoms. The second kappa shape index (κ2) is 5.67. The van der Waals surface area contributed by atoms with Crippen LogP contribution in [0.3, 0.4) is 0 Å². The Balaban J connectivity index is 2.21. The van der Waals surface area contributed by atoms with Crippen molar-refractivity contribution < 1.29 is 9.84 Å². The quantitative estimate of drug-likeness (QED) is 0.829. The number of hydrogen-bond acceptors (Lipinski definition) is 5. The maximum Gasteiger partial charge on any atom is 0.205 e. The fourth-order valence-corrected chi connectivity index (χ4v) is 4.59. The molecule has 4 nitrogen and oxygen atoms in total. The van der Waals surface area contributed by atoms with Crippen molar-refractivity contribution in [1.82, 2.24) is 0 Å². The molecule has 22 heavy (non-hydrogen) atoms. The average molecular weight is 377 g/mol. The number of nitrogens with zero attached hydrogens (tertiary/aromatic N) is 1. The molecular formula is C16H13BrN2O2S. The van der Waals surface area contributed by atoms with E-state index in [0.29, 0.717) is 11.3 Å². The summed E-state index contributed by atoms with van der Waals surface area (Å²) in [6.45, 7) is 2.09. The minimum Gasteiger partial charge on any atom is -0.508 e. The molecule has 1 aromatic heterocycles. The Hall–Kier alpha value is -1.97. The summed E-state index contributed by atoms with van der Waals surface area (Å²) < 4.78 is 6.54. The molecule has 0 saturated carbocycles. The smallest absolute Gasteiger partial charge is 0.205 e. The van der Waals surface area contributed by atoms with Crippen LogP contribution in [0.4, 0.5) is 0 Å². The van der Waals surface area contributed by atoms with Crippen LogP contribution in [0.2, 0.25) is 0 Å². The number of nitrogens with two attached hydrogens (primary N) is 1. The van der Waals surface area contributed by atoms with Crippen molar-refractivity contribution in [2.24, 2.45) is 5.73 Å². The third-order valence-electron chi connectivity index (χ3n) is 3.58.